The fraction of sp³-hybridized carbons (Fsp3) is 0.188. The molecule has 0 atom stereocenters. The third-order valence-electron chi connectivity index (χ3n) is 3.21. The summed E-state index contributed by atoms with van der Waals surface area (Å²) >= 11 is 0. The number of methoxy groups -OCH3 is 1. The van der Waals surface area contributed by atoms with Crippen molar-refractivity contribution < 1.29 is 18.3 Å². The average Bonchev–Trinajstić information content (AvgIpc) is 2.55. The fourth-order valence-electron chi connectivity index (χ4n) is 2.00. The molecule has 0 aliphatic carbocycles. The molecule has 6 nitrogen and oxygen atoms in total. The van der Waals surface area contributed by atoms with E-state index in [2.05, 4.69) is 14.9 Å². The summed E-state index contributed by atoms with van der Waals surface area (Å²) in [4.78, 5) is 11.5. The topological polar surface area (TPSA) is 88.0 Å². The zero-order chi connectivity index (χ0) is 17.7. The van der Waals surface area contributed by atoms with Gasteiger partial charge in [0.15, 0.2) is 11.5 Å². The summed E-state index contributed by atoms with van der Waals surface area (Å²) in [5, 5.41) is 15.1. The number of benzene rings is 1. The predicted octanol–water partition coefficient (Wildman–Crippen LogP) is 2.73. The molecule has 124 valence electrons. The standard InChI is InChI=1S/C16H13F2N3O3/c1-9-11(8-19)15(22)21-20-12(9)5-3-10-4-6-13(24-16(17)18)14(7-10)23-2/h3-7,16H,1-2H3,(H,21,22)/b5-3+. The van der Waals surface area contributed by atoms with Gasteiger partial charge in [0.2, 0.25) is 0 Å². The predicted molar refractivity (Wildman–Crippen MR) is 82.9 cm³/mol. The molecule has 0 saturated carbocycles. The van der Waals surface area contributed by atoms with Crippen molar-refractivity contribution in [2.45, 2.75) is 13.5 Å². The Bertz CT molecular complexity index is 870. The molecule has 0 amide bonds. The molecular weight excluding hydrogens is 320 g/mol. The summed E-state index contributed by atoms with van der Waals surface area (Å²) in [6.45, 7) is -1.33. The van der Waals surface area contributed by atoms with Crippen molar-refractivity contribution in [1.29, 1.82) is 5.26 Å². The second-order valence-corrected chi connectivity index (χ2v) is 4.67. The Balaban J connectivity index is 2.33. The molecule has 0 spiro atoms. The Morgan fingerprint density at radius 3 is 2.71 bits per heavy atom. The molecule has 0 unspecified atom stereocenters. The van der Waals surface area contributed by atoms with Crippen LogP contribution >= 0.6 is 0 Å². The maximum atomic E-state index is 12.3. The van der Waals surface area contributed by atoms with Crippen molar-refractivity contribution in [2.75, 3.05) is 7.11 Å². The van der Waals surface area contributed by atoms with E-state index in [1.807, 2.05) is 6.07 Å². The van der Waals surface area contributed by atoms with Gasteiger partial charge in [-0.15, -0.1) is 0 Å². The van der Waals surface area contributed by atoms with Gasteiger partial charge in [-0.25, -0.2) is 5.10 Å². The number of ether oxygens (including phenoxy) is 2. The van der Waals surface area contributed by atoms with Crippen LogP contribution < -0.4 is 15.0 Å². The lowest BCUT2D eigenvalue weighted by Crippen LogP contribution is -2.15. The van der Waals surface area contributed by atoms with Crippen LogP contribution in [0.4, 0.5) is 8.78 Å². The van der Waals surface area contributed by atoms with Crippen molar-refractivity contribution in [3.63, 3.8) is 0 Å². The molecule has 0 fully saturated rings. The monoisotopic (exact) mass is 333 g/mol. The zero-order valence-electron chi connectivity index (χ0n) is 12.8. The van der Waals surface area contributed by atoms with E-state index in [0.717, 1.165) is 0 Å². The van der Waals surface area contributed by atoms with Crippen molar-refractivity contribution in [3.05, 3.63) is 50.9 Å². The molecule has 2 aromatic rings. The molecular formula is C16H13F2N3O3. The van der Waals surface area contributed by atoms with Gasteiger partial charge < -0.3 is 9.47 Å². The van der Waals surface area contributed by atoms with Crippen LogP contribution in [0.2, 0.25) is 0 Å². The molecule has 1 aromatic heterocycles. The Morgan fingerprint density at radius 1 is 1.33 bits per heavy atom. The van der Waals surface area contributed by atoms with Crippen LogP contribution in [-0.2, 0) is 0 Å². The van der Waals surface area contributed by atoms with Gasteiger partial charge in [0, 0.05) is 0 Å². The average molecular weight is 333 g/mol. The van der Waals surface area contributed by atoms with Crippen molar-refractivity contribution in [2.24, 2.45) is 0 Å². The molecule has 0 aliphatic rings. The van der Waals surface area contributed by atoms with Crippen LogP contribution in [0.5, 0.6) is 11.5 Å². The van der Waals surface area contributed by atoms with Gasteiger partial charge in [0.05, 0.1) is 12.8 Å². The highest BCUT2D eigenvalue weighted by Gasteiger charge is 2.11. The number of rotatable bonds is 5. The smallest absolute Gasteiger partial charge is 0.387 e. The van der Waals surface area contributed by atoms with E-state index >= 15 is 0 Å². The first-order valence-corrected chi connectivity index (χ1v) is 6.76. The van der Waals surface area contributed by atoms with Gasteiger partial charge in [0.1, 0.15) is 11.6 Å². The number of hydrogen-bond donors (Lipinski definition) is 1. The lowest BCUT2D eigenvalue weighted by atomic mass is 10.1. The van der Waals surface area contributed by atoms with Gasteiger partial charge in [0.25, 0.3) is 5.56 Å². The quantitative estimate of drug-likeness (QED) is 0.909. The lowest BCUT2D eigenvalue weighted by molar-refractivity contribution is -0.0512. The van der Waals surface area contributed by atoms with Gasteiger partial charge >= 0.3 is 6.61 Å². The minimum atomic E-state index is -2.95. The van der Waals surface area contributed by atoms with Crippen LogP contribution in [0.25, 0.3) is 12.2 Å². The van der Waals surface area contributed by atoms with E-state index < -0.39 is 12.2 Å². The summed E-state index contributed by atoms with van der Waals surface area (Å²) in [6.07, 6.45) is 3.23. The third-order valence-corrected chi connectivity index (χ3v) is 3.21. The minimum Gasteiger partial charge on any atom is -0.493 e. The Kier molecular flexibility index (Phi) is 5.27. The number of nitrogens with one attached hydrogen (secondary N) is 1. The van der Waals surface area contributed by atoms with Crippen LogP contribution in [-0.4, -0.2) is 23.9 Å². The van der Waals surface area contributed by atoms with E-state index in [4.69, 9.17) is 10.00 Å². The van der Waals surface area contributed by atoms with Crippen LogP contribution in [0.3, 0.4) is 0 Å². The normalized spacial score (nSPS) is 10.8. The van der Waals surface area contributed by atoms with E-state index in [0.29, 0.717) is 16.8 Å². The maximum absolute atomic E-state index is 12.3. The van der Waals surface area contributed by atoms with E-state index in [9.17, 15) is 13.6 Å². The van der Waals surface area contributed by atoms with Crippen LogP contribution in [0.15, 0.2) is 23.0 Å². The highest BCUT2D eigenvalue weighted by molar-refractivity contribution is 5.71. The zero-order valence-corrected chi connectivity index (χ0v) is 12.8. The van der Waals surface area contributed by atoms with Gasteiger partial charge in [-0.3, -0.25) is 4.79 Å². The summed E-state index contributed by atoms with van der Waals surface area (Å²) in [7, 11) is 1.34. The number of aromatic amines is 1. The van der Waals surface area contributed by atoms with Crippen molar-refractivity contribution >= 4 is 12.2 Å². The molecule has 1 N–H and O–H groups in total. The highest BCUT2D eigenvalue weighted by atomic mass is 19.3. The van der Waals surface area contributed by atoms with Gasteiger partial charge in [-0.2, -0.15) is 19.1 Å². The molecule has 0 aliphatic heterocycles. The second kappa shape index (κ2) is 7.37. The molecule has 2 rings (SSSR count). The number of hydrogen-bond acceptors (Lipinski definition) is 5. The molecule has 8 heteroatoms. The SMILES string of the molecule is COc1cc(/C=C/c2n[nH]c(=O)c(C#N)c2C)ccc1OC(F)F. The number of aromatic nitrogens is 2. The summed E-state index contributed by atoms with van der Waals surface area (Å²) < 4.78 is 34.0. The summed E-state index contributed by atoms with van der Waals surface area (Å²) in [5.41, 5.74) is 0.935. The van der Waals surface area contributed by atoms with Gasteiger partial charge in [-0.05, 0) is 36.3 Å². The number of halogens is 2. The number of H-pyrrole nitrogens is 1. The molecule has 1 aromatic carbocycles. The summed E-state index contributed by atoms with van der Waals surface area (Å²) in [6, 6.07) is 6.25. The number of nitriles is 1. The van der Waals surface area contributed by atoms with E-state index in [-0.39, 0.29) is 17.1 Å². The highest BCUT2D eigenvalue weighted by Crippen LogP contribution is 2.30. The van der Waals surface area contributed by atoms with Crippen LogP contribution in [0.1, 0.15) is 22.4 Å². The molecule has 0 radical (unpaired) electrons. The van der Waals surface area contributed by atoms with E-state index in [1.54, 1.807) is 25.1 Å². The first-order valence-electron chi connectivity index (χ1n) is 6.76. The minimum absolute atomic E-state index is 0.0112. The maximum Gasteiger partial charge on any atom is 0.387 e. The van der Waals surface area contributed by atoms with Crippen molar-refractivity contribution in [1.82, 2.24) is 10.2 Å². The third kappa shape index (κ3) is 3.76. The van der Waals surface area contributed by atoms with Crippen LogP contribution in [0, 0.1) is 18.3 Å². The molecule has 24 heavy (non-hydrogen) atoms. The number of nitrogens with zero attached hydrogens (tertiary/aromatic N) is 2. The largest absolute Gasteiger partial charge is 0.493 e. The first-order chi connectivity index (χ1) is 11.5. The first kappa shape index (κ1) is 17.1. The van der Waals surface area contributed by atoms with Crippen molar-refractivity contribution in [3.8, 4) is 17.6 Å². The number of alkyl halides is 2. The second-order valence-electron chi connectivity index (χ2n) is 4.67. The summed E-state index contributed by atoms with van der Waals surface area (Å²) in [5.74, 6) is 0.0797. The fourth-order valence-corrected chi connectivity index (χ4v) is 2.00. The molecule has 1 heterocycles. The molecule has 0 bridgehead atoms. The Labute approximate surface area is 136 Å². The molecule has 0 saturated heterocycles. The van der Waals surface area contributed by atoms with Gasteiger partial charge in [-0.1, -0.05) is 12.1 Å². The Morgan fingerprint density at radius 2 is 2.08 bits per heavy atom. The Hall–Kier alpha value is -3.21. The van der Waals surface area contributed by atoms with E-state index in [1.165, 1.54) is 19.2 Å². The lowest BCUT2D eigenvalue weighted by Gasteiger charge is -2.10.